The quantitative estimate of drug-likeness (QED) is 0.359. The van der Waals surface area contributed by atoms with Crippen LogP contribution in [0.3, 0.4) is 0 Å². The first-order valence-corrected chi connectivity index (χ1v) is 17.9. The van der Waals surface area contributed by atoms with E-state index < -0.39 is 53.7 Å². The number of aliphatic hydroxyl groups excluding tert-OH is 1. The number of esters is 1. The molecule has 48 heavy (non-hydrogen) atoms. The molecule has 1 aromatic carbocycles. The van der Waals surface area contributed by atoms with Crippen LogP contribution in [0, 0.1) is 17.8 Å². The summed E-state index contributed by atoms with van der Waals surface area (Å²) in [5.74, 6) is -3.44. The molecule has 1 saturated carbocycles. The van der Waals surface area contributed by atoms with E-state index in [1.165, 1.54) is 0 Å². The maximum Gasteiger partial charge on any atom is 0.313 e. The van der Waals surface area contributed by atoms with Gasteiger partial charge in [-0.1, -0.05) is 94.2 Å². The van der Waals surface area contributed by atoms with Crippen LogP contribution in [-0.4, -0.2) is 99.6 Å². The molecule has 0 unspecified atom stereocenters. The molecule has 260 valence electrons. The van der Waals surface area contributed by atoms with Crippen LogP contribution in [0.2, 0.25) is 0 Å². The van der Waals surface area contributed by atoms with Gasteiger partial charge in [-0.25, -0.2) is 0 Å². The van der Waals surface area contributed by atoms with Gasteiger partial charge in [0.15, 0.2) is 0 Å². The third-order valence-corrected chi connectivity index (χ3v) is 11.8. The van der Waals surface area contributed by atoms with E-state index in [1.807, 2.05) is 74.2 Å². The standard InChI is InChI=1S/C38H51N3O7/c1-5-24(2)28(23-42)41-34-36(45)40(27-17-10-7-11-18-27)22-14-21-38(34)32(35(41)44)31-29(48-38)19-12-13-20-30(43)39(4)25(3)33(47-37(31)46)26-15-8-6-9-16-26/h6,8-9,12,14-16,19,21,24-25,27-29,31-34,42H,5,7,10-11,13,17-18,20,22-23H2,1-4H3/b19-12-/t24-,25-,28-,29-,31+,32+,33+,34-,38+/m0/s1. The van der Waals surface area contributed by atoms with Gasteiger partial charge < -0.3 is 29.3 Å². The van der Waals surface area contributed by atoms with Gasteiger partial charge in [-0.2, -0.15) is 0 Å². The van der Waals surface area contributed by atoms with E-state index in [0.717, 1.165) is 37.7 Å². The lowest BCUT2D eigenvalue weighted by molar-refractivity contribution is -0.165. The molecule has 0 radical (unpaired) electrons. The minimum atomic E-state index is -1.43. The maximum atomic E-state index is 14.9. The average molecular weight is 662 g/mol. The number of allylic oxidation sites excluding steroid dienone is 1. The maximum absolute atomic E-state index is 14.9. The van der Waals surface area contributed by atoms with E-state index in [2.05, 4.69) is 0 Å². The molecule has 10 nitrogen and oxygen atoms in total. The number of ether oxygens (including phenoxy) is 2. The smallest absolute Gasteiger partial charge is 0.313 e. The van der Waals surface area contributed by atoms with Crippen molar-refractivity contribution in [2.45, 2.75) is 114 Å². The zero-order chi connectivity index (χ0) is 34.2. The summed E-state index contributed by atoms with van der Waals surface area (Å²) in [6.07, 6.45) is 12.1. The lowest BCUT2D eigenvalue weighted by Crippen LogP contribution is -2.60. The Hall–Kier alpha value is -3.50. The molecule has 3 amide bonds. The van der Waals surface area contributed by atoms with Crippen molar-refractivity contribution in [3.63, 3.8) is 0 Å². The van der Waals surface area contributed by atoms with Crippen molar-refractivity contribution >= 4 is 23.7 Å². The van der Waals surface area contributed by atoms with Crippen molar-refractivity contribution in [2.75, 3.05) is 20.2 Å². The molecule has 5 aliphatic rings. The van der Waals surface area contributed by atoms with Crippen molar-refractivity contribution in [3.05, 3.63) is 60.2 Å². The van der Waals surface area contributed by atoms with E-state index in [0.29, 0.717) is 19.4 Å². The molecule has 1 aliphatic carbocycles. The summed E-state index contributed by atoms with van der Waals surface area (Å²) in [7, 11) is 1.72. The highest BCUT2D eigenvalue weighted by Gasteiger charge is 2.73. The Morgan fingerprint density at radius 2 is 1.75 bits per heavy atom. The van der Waals surface area contributed by atoms with E-state index in [9.17, 15) is 24.3 Å². The van der Waals surface area contributed by atoms with E-state index in [4.69, 9.17) is 9.47 Å². The number of amides is 3. The summed E-state index contributed by atoms with van der Waals surface area (Å²) in [6, 6.07) is 7.23. The molecular formula is C38H51N3O7. The van der Waals surface area contributed by atoms with Crippen LogP contribution >= 0.6 is 0 Å². The molecule has 1 aromatic rings. The number of cyclic esters (lactones) is 1. The van der Waals surface area contributed by atoms with Crippen molar-refractivity contribution < 1.29 is 33.8 Å². The van der Waals surface area contributed by atoms with Crippen LogP contribution in [-0.2, 0) is 28.7 Å². The van der Waals surface area contributed by atoms with Gasteiger partial charge in [0.2, 0.25) is 17.7 Å². The number of nitrogens with zero attached hydrogens (tertiary/aromatic N) is 3. The number of likely N-dealkylation sites (tertiary alicyclic amines) is 1. The van der Waals surface area contributed by atoms with Crippen LogP contribution in [0.1, 0.15) is 83.8 Å². The first kappa shape index (κ1) is 34.4. The molecule has 1 N–H and O–H groups in total. The molecule has 2 saturated heterocycles. The van der Waals surface area contributed by atoms with Crippen molar-refractivity contribution in [2.24, 2.45) is 17.8 Å². The van der Waals surface area contributed by atoms with Gasteiger partial charge in [-0.3, -0.25) is 19.2 Å². The predicted molar refractivity (Wildman–Crippen MR) is 179 cm³/mol. The minimum Gasteiger partial charge on any atom is -0.455 e. The number of rotatable bonds is 6. The fourth-order valence-electron chi connectivity index (χ4n) is 8.74. The second-order valence-electron chi connectivity index (χ2n) is 14.4. The van der Waals surface area contributed by atoms with Crippen molar-refractivity contribution in [1.82, 2.24) is 14.7 Å². The lowest BCUT2D eigenvalue weighted by atomic mass is 9.77. The normalized spacial score (nSPS) is 35.1. The summed E-state index contributed by atoms with van der Waals surface area (Å²) >= 11 is 0. The number of likely N-dealkylation sites (N-methyl/N-ethyl adjacent to an activating group) is 1. The summed E-state index contributed by atoms with van der Waals surface area (Å²) < 4.78 is 13.3. The first-order valence-electron chi connectivity index (χ1n) is 17.9. The summed E-state index contributed by atoms with van der Waals surface area (Å²) in [6.45, 7) is 5.92. The number of hydrogen-bond donors (Lipinski definition) is 1. The Morgan fingerprint density at radius 3 is 2.44 bits per heavy atom. The zero-order valence-electron chi connectivity index (χ0n) is 28.7. The Bertz CT molecular complexity index is 1420. The monoisotopic (exact) mass is 661 g/mol. The van der Waals surface area contributed by atoms with Gasteiger partial charge >= 0.3 is 5.97 Å². The summed E-state index contributed by atoms with van der Waals surface area (Å²) in [5, 5.41) is 10.7. The average Bonchev–Trinajstić information content (AvgIpc) is 3.49. The Balaban J connectivity index is 1.46. The summed E-state index contributed by atoms with van der Waals surface area (Å²) in [5.41, 5.74) is -0.699. The molecule has 4 heterocycles. The number of fused-ring (bicyclic) bond motifs is 2. The highest BCUT2D eigenvalue weighted by molar-refractivity contribution is 5.99. The van der Waals surface area contributed by atoms with Gasteiger partial charge in [-0.05, 0) is 37.7 Å². The number of carbonyl (C=O) groups is 4. The SMILES string of the molecule is CC[C@H](C)[C@H](CO)N1C(=O)[C@H]2[C@@H]3C(=O)O[C@@H](c4ccccc4)[C@H](C)N(C)C(=O)CC/C=C\[C@@H]3O[C@]23C=CCN(C2CCCCC2)C(=O)[C@H]13. The lowest BCUT2D eigenvalue weighted by Gasteiger charge is -2.42. The number of carbonyl (C=O) groups excluding carboxylic acids is 4. The molecule has 6 rings (SSSR count). The number of aliphatic hydroxyl groups is 1. The van der Waals surface area contributed by atoms with Crippen LogP contribution in [0.4, 0.5) is 0 Å². The van der Waals surface area contributed by atoms with Crippen LogP contribution in [0.25, 0.3) is 0 Å². The highest BCUT2D eigenvalue weighted by Crippen LogP contribution is 2.54. The number of benzene rings is 1. The van der Waals surface area contributed by atoms with E-state index in [1.54, 1.807) is 22.9 Å². The molecule has 0 aromatic heterocycles. The molecule has 9 atom stereocenters. The van der Waals surface area contributed by atoms with Gasteiger partial charge in [0.05, 0.1) is 30.7 Å². The molecule has 1 spiro atoms. The second-order valence-corrected chi connectivity index (χ2v) is 14.4. The first-order chi connectivity index (χ1) is 23.1. The zero-order valence-corrected chi connectivity index (χ0v) is 28.7. The topological polar surface area (TPSA) is 117 Å². The Kier molecular flexibility index (Phi) is 10.1. The van der Waals surface area contributed by atoms with Crippen LogP contribution in [0.5, 0.6) is 0 Å². The Labute approximate surface area is 284 Å². The van der Waals surface area contributed by atoms with Gasteiger partial charge in [0.1, 0.15) is 23.7 Å². The van der Waals surface area contributed by atoms with Crippen molar-refractivity contribution in [3.8, 4) is 0 Å². The largest absolute Gasteiger partial charge is 0.455 e. The van der Waals surface area contributed by atoms with Gasteiger partial charge in [-0.15, -0.1) is 0 Å². The fourth-order valence-corrected chi connectivity index (χ4v) is 8.74. The predicted octanol–water partition coefficient (Wildman–Crippen LogP) is 4.19. The third kappa shape index (κ3) is 5.89. The Morgan fingerprint density at radius 1 is 1.02 bits per heavy atom. The van der Waals surface area contributed by atoms with Gasteiger partial charge in [0.25, 0.3) is 0 Å². The van der Waals surface area contributed by atoms with E-state index in [-0.39, 0.29) is 42.7 Å². The fraction of sp³-hybridized carbons (Fsp3) is 0.632. The highest BCUT2D eigenvalue weighted by atomic mass is 16.6. The van der Waals surface area contributed by atoms with Crippen molar-refractivity contribution in [1.29, 1.82) is 0 Å². The molecule has 4 aliphatic heterocycles. The molecular weight excluding hydrogens is 610 g/mol. The third-order valence-electron chi connectivity index (χ3n) is 11.8. The molecule has 3 fully saturated rings. The molecule has 0 bridgehead atoms. The summed E-state index contributed by atoms with van der Waals surface area (Å²) in [4.78, 5) is 62.7. The van der Waals surface area contributed by atoms with E-state index >= 15 is 0 Å². The minimum absolute atomic E-state index is 0.0559. The van der Waals surface area contributed by atoms with Gasteiger partial charge in [0, 0.05) is 26.1 Å². The van der Waals surface area contributed by atoms with Crippen LogP contribution in [0.15, 0.2) is 54.6 Å². The number of hydrogen-bond acceptors (Lipinski definition) is 7. The van der Waals surface area contributed by atoms with Crippen LogP contribution < -0.4 is 0 Å². The second kappa shape index (κ2) is 14.2. The molecule has 10 heteroatoms.